The molecule has 0 radical (unpaired) electrons. The maximum absolute atomic E-state index is 13.0. The SMILES string of the molecule is CN1N=NC2C1=CC=CC2F. The third-order valence-electron chi connectivity index (χ3n) is 1.85. The molecule has 4 heteroatoms. The summed E-state index contributed by atoms with van der Waals surface area (Å²) in [6.45, 7) is 0. The Balaban J connectivity index is 2.33. The van der Waals surface area contributed by atoms with Crippen molar-refractivity contribution in [1.82, 2.24) is 5.01 Å². The third kappa shape index (κ3) is 0.859. The van der Waals surface area contributed by atoms with Gasteiger partial charge in [-0.3, -0.25) is 5.01 Å². The van der Waals surface area contributed by atoms with Crippen molar-refractivity contribution >= 4 is 0 Å². The highest BCUT2D eigenvalue weighted by molar-refractivity contribution is 5.27. The molecule has 2 atom stereocenters. The van der Waals surface area contributed by atoms with E-state index in [1.807, 2.05) is 6.08 Å². The van der Waals surface area contributed by atoms with Crippen LogP contribution in [0.25, 0.3) is 0 Å². The fraction of sp³-hybridized carbons (Fsp3) is 0.429. The molecule has 0 saturated heterocycles. The van der Waals surface area contributed by atoms with E-state index in [1.165, 1.54) is 6.08 Å². The highest BCUT2D eigenvalue weighted by atomic mass is 19.1. The third-order valence-corrected chi connectivity index (χ3v) is 1.85. The standard InChI is InChI=1S/C7H8FN3/c1-11-6-4-2-3-5(8)7(6)9-10-11/h2-5,7H,1H3. The van der Waals surface area contributed by atoms with Gasteiger partial charge in [-0.2, -0.15) is 5.11 Å². The van der Waals surface area contributed by atoms with Crippen LogP contribution in [0.15, 0.2) is 34.3 Å². The van der Waals surface area contributed by atoms with Crippen molar-refractivity contribution in [3.05, 3.63) is 23.9 Å². The fourth-order valence-electron chi connectivity index (χ4n) is 1.23. The van der Waals surface area contributed by atoms with Crippen LogP contribution in [0.3, 0.4) is 0 Å². The summed E-state index contributed by atoms with van der Waals surface area (Å²) in [5, 5.41) is 9.12. The van der Waals surface area contributed by atoms with Gasteiger partial charge in [0.2, 0.25) is 0 Å². The van der Waals surface area contributed by atoms with Crippen LogP contribution in [-0.4, -0.2) is 24.3 Å². The van der Waals surface area contributed by atoms with Gasteiger partial charge in [-0.1, -0.05) is 11.3 Å². The van der Waals surface area contributed by atoms with Gasteiger partial charge in [0.25, 0.3) is 0 Å². The minimum Gasteiger partial charge on any atom is -0.252 e. The molecule has 0 fully saturated rings. The lowest BCUT2D eigenvalue weighted by atomic mass is 10.0. The molecule has 1 heterocycles. The Morgan fingerprint density at radius 1 is 1.64 bits per heavy atom. The zero-order valence-electron chi connectivity index (χ0n) is 6.11. The van der Waals surface area contributed by atoms with E-state index in [1.54, 1.807) is 18.1 Å². The topological polar surface area (TPSA) is 28.0 Å². The minimum atomic E-state index is -1.01. The molecule has 1 aliphatic heterocycles. The van der Waals surface area contributed by atoms with Crippen molar-refractivity contribution in [2.75, 3.05) is 7.05 Å². The Morgan fingerprint density at radius 3 is 3.18 bits per heavy atom. The summed E-state index contributed by atoms with van der Waals surface area (Å²) in [5.41, 5.74) is 0.833. The van der Waals surface area contributed by atoms with Crippen LogP contribution < -0.4 is 0 Å². The molecule has 1 aliphatic carbocycles. The number of fused-ring (bicyclic) bond motifs is 1. The predicted molar refractivity (Wildman–Crippen MR) is 38.5 cm³/mol. The second-order valence-electron chi connectivity index (χ2n) is 2.59. The Hall–Kier alpha value is -1.19. The summed E-state index contributed by atoms with van der Waals surface area (Å²) in [6, 6.07) is -0.398. The number of allylic oxidation sites excluding steroid dienone is 2. The average Bonchev–Trinajstić information content (AvgIpc) is 2.35. The van der Waals surface area contributed by atoms with E-state index in [0.717, 1.165) is 5.70 Å². The summed E-state index contributed by atoms with van der Waals surface area (Å²) in [5.74, 6) is 0. The summed E-state index contributed by atoms with van der Waals surface area (Å²) in [4.78, 5) is 0. The first-order valence-electron chi connectivity index (χ1n) is 3.46. The molecule has 2 aliphatic rings. The van der Waals surface area contributed by atoms with Crippen LogP contribution in [0.2, 0.25) is 0 Å². The largest absolute Gasteiger partial charge is 0.252 e. The quantitative estimate of drug-likeness (QED) is 0.517. The lowest BCUT2D eigenvalue weighted by Gasteiger charge is -2.16. The molecule has 11 heavy (non-hydrogen) atoms. The second-order valence-corrected chi connectivity index (χ2v) is 2.59. The number of rotatable bonds is 0. The summed E-state index contributed by atoms with van der Waals surface area (Å²) in [7, 11) is 1.77. The first-order valence-corrected chi connectivity index (χ1v) is 3.46. The molecule has 58 valence electrons. The van der Waals surface area contributed by atoms with Gasteiger partial charge < -0.3 is 0 Å². The molecule has 3 nitrogen and oxygen atoms in total. The Labute approximate surface area is 63.9 Å². The molecule has 0 amide bonds. The average molecular weight is 153 g/mol. The van der Waals surface area contributed by atoms with Gasteiger partial charge in [-0.25, -0.2) is 4.39 Å². The van der Waals surface area contributed by atoms with Crippen molar-refractivity contribution in [3.63, 3.8) is 0 Å². The van der Waals surface area contributed by atoms with Crippen molar-refractivity contribution in [2.45, 2.75) is 12.2 Å². The van der Waals surface area contributed by atoms with Gasteiger partial charge >= 0.3 is 0 Å². The smallest absolute Gasteiger partial charge is 0.149 e. The first-order chi connectivity index (χ1) is 5.29. The highest BCUT2D eigenvalue weighted by Gasteiger charge is 2.31. The normalized spacial score (nSPS) is 34.0. The van der Waals surface area contributed by atoms with Gasteiger partial charge in [0.05, 0.1) is 5.70 Å². The monoisotopic (exact) mass is 153 g/mol. The van der Waals surface area contributed by atoms with Gasteiger partial charge in [-0.05, 0) is 12.2 Å². The van der Waals surface area contributed by atoms with Gasteiger partial charge in [0.1, 0.15) is 12.2 Å². The van der Waals surface area contributed by atoms with Crippen molar-refractivity contribution < 1.29 is 4.39 Å². The Kier molecular flexibility index (Phi) is 1.27. The molecule has 0 aromatic carbocycles. The fourth-order valence-corrected chi connectivity index (χ4v) is 1.23. The van der Waals surface area contributed by atoms with Crippen LogP contribution in [-0.2, 0) is 0 Å². The molecule has 2 unspecified atom stereocenters. The summed E-state index contributed by atoms with van der Waals surface area (Å²) in [6.07, 6.45) is 4.01. The lowest BCUT2D eigenvalue weighted by Crippen LogP contribution is -2.24. The number of likely N-dealkylation sites (N-methyl/N-ethyl adjacent to an activating group) is 1. The van der Waals surface area contributed by atoms with E-state index < -0.39 is 12.2 Å². The molecule has 2 rings (SSSR count). The van der Waals surface area contributed by atoms with E-state index in [9.17, 15) is 4.39 Å². The van der Waals surface area contributed by atoms with Crippen LogP contribution >= 0.6 is 0 Å². The number of hydrogen-bond acceptors (Lipinski definition) is 3. The van der Waals surface area contributed by atoms with E-state index >= 15 is 0 Å². The Bertz CT molecular complexity index is 256. The minimum absolute atomic E-state index is 0.398. The van der Waals surface area contributed by atoms with E-state index in [4.69, 9.17) is 0 Å². The summed E-state index contributed by atoms with van der Waals surface area (Å²) >= 11 is 0. The van der Waals surface area contributed by atoms with E-state index in [-0.39, 0.29) is 0 Å². The molecule has 0 aromatic heterocycles. The maximum atomic E-state index is 13.0. The predicted octanol–water partition coefficient (Wildman–Crippen LogP) is 1.46. The highest BCUT2D eigenvalue weighted by Crippen LogP contribution is 2.27. The van der Waals surface area contributed by atoms with Crippen LogP contribution in [0.4, 0.5) is 4.39 Å². The van der Waals surface area contributed by atoms with Crippen molar-refractivity contribution in [1.29, 1.82) is 0 Å². The molecule has 0 N–H and O–H groups in total. The van der Waals surface area contributed by atoms with Crippen molar-refractivity contribution in [3.8, 4) is 0 Å². The van der Waals surface area contributed by atoms with Crippen LogP contribution in [0, 0.1) is 0 Å². The van der Waals surface area contributed by atoms with Gasteiger partial charge in [-0.15, -0.1) is 0 Å². The Morgan fingerprint density at radius 2 is 2.45 bits per heavy atom. The lowest BCUT2D eigenvalue weighted by molar-refractivity contribution is 0.348. The molecular weight excluding hydrogens is 145 g/mol. The number of halogens is 1. The summed E-state index contributed by atoms with van der Waals surface area (Å²) < 4.78 is 13.0. The van der Waals surface area contributed by atoms with E-state index in [2.05, 4.69) is 10.3 Å². The van der Waals surface area contributed by atoms with Gasteiger partial charge in [0, 0.05) is 7.05 Å². The van der Waals surface area contributed by atoms with Crippen LogP contribution in [0.5, 0.6) is 0 Å². The maximum Gasteiger partial charge on any atom is 0.149 e. The number of hydrogen-bond donors (Lipinski definition) is 0. The zero-order valence-corrected chi connectivity index (χ0v) is 6.11. The number of nitrogens with zero attached hydrogens (tertiary/aromatic N) is 3. The molecule has 0 bridgehead atoms. The van der Waals surface area contributed by atoms with E-state index in [0.29, 0.717) is 0 Å². The van der Waals surface area contributed by atoms with Crippen LogP contribution in [0.1, 0.15) is 0 Å². The second kappa shape index (κ2) is 2.15. The first kappa shape index (κ1) is 6.52. The molecule has 0 saturated carbocycles. The molecule has 0 spiro atoms. The molecular formula is C7H8FN3. The molecule has 0 aromatic rings. The zero-order chi connectivity index (χ0) is 7.84. The van der Waals surface area contributed by atoms with Crippen molar-refractivity contribution in [2.24, 2.45) is 10.3 Å². The van der Waals surface area contributed by atoms with Gasteiger partial charge in [0.15, 0.2) is 0 Å². The number of alkyl halides is 1.